The second-order valence-corrected chi connectivity index (χ2v) is 7.81. The second kappa shape index (κ2) is 8.76. The standard InChI is InChI=1S/C24H29N3O2/c1-3-27-23-20(16-25-27)19(15-17-11-7-5-8-12-17)21(24(28)29-4-2)22(26-23)18-13-9-6-10-14-18/h6,9-10,13-14,16-17H,3-5,7-8,11-12,15H2,1-2H3. The summed E-state index contributed by atoms with van der Waals surface area (Å²) >= 11 is 0. The third-order valence-electron chi connectivity index (χ3n) is 5.94. The minimum Gasteiger partial charge on any atom is -0.462 e. The Kier molecular flexibility index (Phi) is 5.93. The first-order valence-corrected chi connectivity index (χ1v) is 10.8. The number of benzene rings is 1. The summed E-state index contributed by atoms with van der Waals surface area (Å²) in [4.78, 5) is 18.1. The molecule has 0 unspecified atom stereocenters. The summed E-state index contributed by atoms with van der Waals surface area (Å²) in [5.74, 6) is 0.312. The average Bonchev–Trinajstić information content (AvgIpc) is 3.18. The number of fused-ring (bicyclic) bond motifs is 1. The maximum atomic E-state index is 13.1. The molecule has 1 aliphatic rings. The van der Waals surface area contributed by atoms with E-state index in [-0.39, 0.29) is 5.97 Å². The Bertz CT molecular complexity index is 988. The molecular weight excluding hydrogens is 362 g/mol. The molecule has 1 saturated carbocycles. The van der Waals surface area contributed by atoms with Gasteiger partial charge in [-0.05, 0) is 31.7 Å². The number of esters is 1. The Balaban J connectivity index is 1.95. The molecule has 4 rings (SSSR count). The number of carbonyl (C=O) groups excluding carboxylic acids is 1. The van der Waals surface area contributed by atoms with Gasteiger partial charge in [-0.1, -0.05) is 62.4 Å². The van der Waals surface area contributed by atoms with Gasteiger partial charge in [0.05, 0.1) is 24.1 Å². The van der Waals surface area contributed by atoms with Gasteiger partial charge in [-0.2, -0.15) is 5.10 Å². The van der Waals surface area contributed by atoms with Crippen molar-refractivity contribution >= 4 is 17.0 Å². The Labute approximate surface area is 172 Å². The van der Waals surface area contributed by atoms with E-state index >= 15 is 0 Å². The van der Waals surface area contributed by atoms with Crippen molar-refractivity contribution in [1.82, 2.24) is 14.8 Å². The molecule has 0 bridgehead atoms. The van der Waals surface area contributed by atoms with Crippen molar-refractivity contribution in [3.05, 3.63) is 47.7 Å². The second-order valence-electron chi connectivity index (χ2n) is 7.81. The topological polar surface area (TPSA) is 57.0 Å². The summed E-state index contributed by atoms with van der Waals surface area (Å²) in [6, 6.07) is 9.95. The molecule has 0 saturated heterocycles. The molecule has 1 fully saturated rings. The molecular formula is C24H29N3O2. The molecule has 1 aromatic carbocycles. The van der Waals surface area contributed by atoms with Crippen molar-refractivity contribution in [2.75, 3.05) is 6.61 Å². The van der Waals surface area contributed by atoms with E-state index in [1.165, 1.54) is 32.1 Å². The summed E-state index contributed by atoms with van der Waals surface area (Å²) < 4.78 is 7.41. The number of pyridine rings is 1. The van der Waals surface area contributed by atoms with Gasteiger partial charge in [0, 0.05) is 17.5 Å². The van der Waals surface area contributed by atoms with Gasteiger partial charge >= 0.3 is 5.97 Å². The zero-order valence-electron chi connectivity index (χ0n) is 17.4. The first-order valence-electron chi connectivity index (χ1n) is 10.8. The highest BCUT2D eigenvalue weighted by atomic mass is 16.5. The molecule has 0 aliphatic heterocycles. The summed E-state index contributed by atoms with van der Waals surface area (Å²) in [7, 11) is 0. The van der Waals surface area contributed by atoms with Crippen LogP contribution < -0.4 is 0 Å². The molecule has 1 aliphatic carbocycles. The van der Waals surface area contributed by atoms with Crippen LogP contribution >= 0.6 is 0 Å². The summed E-state index contributed by atoms with van der Waals surface area (Å²) in [6.07, 6.45) is 9.05. The lowest BCUT2D eigenvalue weighted by Gasteiger charge is -2.23. The largest absolute Gasteiger partial charge is 0.462 e. The van der Waals surface area contributed by atoms with E-state index in [0.717, 1.165) is 35.1 Å². The average molecular weight is 392 g/mol. The van der Waals surface area contributed by atoms with E-state index in [4.69, 9.17) is 9.72 Å². The fraction of sp³-hybridized carbons (Fsp3) is 0.458. The van der Waals surface area contributed by atoms with Gasteiger partial charge in [-0.25, -0.2) is 14.5 Å². The van der Waals surface area contributed by atoms with Crippen LogP contribution in [0.2, 0.25) is 0 Å². The SMILES string of the molecule is CCOC(=O)c1c(-c2ccccc2)nc2c(cnn2CC)c1CC1CCCCC1. The Morgan fingerprint density at radius 2 is 1.90 bits per heavy atom. The van der Waals surface area contributed by atoms with E-state index < -0.39 is 0 Å². The van der Waals surface area contributed by atoms with Crippen LogP contribution in [0.1, 0.15) is 61.9 Å². The van der Waals surface area contributed by atoms with Crippen LogP contribution in [0.15, 0.2) is 36.5 Å². The van der Waals surface area contributed by atoms with Crippen molar-refractivity contribution in [2.24, 2.45) is 5.92 Å². The van der Waals surface area contributed by atoms with Gasteiger partial charge in [0.1, 0.15) is 0 Å². The number of rotatable bonds is 6. The molecule has 2 aromatic heterocycles. The van der Waals surface area contributed by atoms with Crippen LogP contribution in [-0.4, -0.2) is 27.3 Å². The first kappa shape index (κ1) is 19.6. The van der Waals surface area contributed by atoms with Gasteiger partial charge in [0.15, 0.2) is 5.65 Å². The molecule has 0 radical (unpaired) electrons. The van der Waals surface area contributed by atoms with E-state index in [1.54, 1.807) is 0 Å². The van der Waals surface area contributed by atoms with Gasteiger partial charge in [0.2, 0.25) is 0 Å². The van der Waals surface area contributed by atoms with Crippen LogP contribution in [0.25, 0.3) is 22.3 Å². The molecule has 5 heteroatoms. The fourth-order valence-corrected chi connectivity index (χ4v) is 4.50. The lowest BCUT2D eigenvalue weighted by molar-refractivity contribution is 0.0525. The van der Waals surface area contributed by atoms with Gasteiger partial charge in [0.25, 0.3) is 0 Å². The molecule has 5 nitrogen and oxygen atoms in total. The van der Waals surface area contributed by atoms with Crippen LogP contribution in [0.4, 0.5) is 0 Å². The molecule has 2 heterocycles. The van der Waals surface area contributed by atoms with Crippen LogP contribution in [0, 0.1) is 5.92 Å². The zero-order chi connectivity index (χ0) is 20.2. The normalized spacial score (nSPS) is 15.0. The van der Waals surface area contributed by atoms with Crippen molar-refractivity contribution in [3.8, 4) is 11.3 Å². The van der Waals surface area contributed by atoms with Crippen molar-refractivity contribution < 1.29 is 9.53 Å². The molecule has 0 N–H and O–H groups in total. The minimum absolute atomic E-state index is 0.282. The van der Waals surface area contributed by atoms with Crippen LogP contribution in [-0.2, 0) is 17.7 Å². The van der Waals surface area contributed by atoms with Crippen LogP contribution in [0.5, 0.6) is 0 Å². The highest BCUT2D eigenvalue weighted by molar-refractivity contribution is 6.02. The lowest BCUT2D eigenvalue weighted by Crippen LogP contribution is -2.16. The highest BCUT2D eigenvalue weighted by Gasteiger charge is 2.27. The Morgan fingerprint density at radius 3 is 2.59 bits per heavy atom. The number of carbonyl (C=O) groups is 1. The molecule has 0 atom stereocenters. The van der Waals surface area contributed by atoms with E-state index in [1.807, 2.05) is 48.1 Å². The van der Waals surface area contributed by atoms with Crippen LogP contribution in [0.3, 0.4) is 0 Å². The number of ether oxygens (including phenoxy) is 1. The molecule has 0 spiro atoms. The number of hydrogen-bond donors (Lipinski definition) is 0. The summed E-state index contributed by atoms with van der Waals surface area (Å²) in [5.41, 5.74) is 4.17. The number of aryl methyl sites for hydroxylation is 1. The number of aromatic nitrogens is 3. The minimum atomic E-state index is -0.282. The number of nitrogens with zero attached hydrogens (tertiary/aromatic N) is 3. The van der Waals surface area contributed by atoms with Gasteiger partial charge < -0.3 is 4.74 Å². The van der Waals surface area contributed by atoms with Gasteiger partial charge in [-0.3, -0.25) is 0 Å². The molecule has 152 valence electrons. The maximum absolute atomic E-state index is 13.1. The fourth-order valence-electron chi connectivity index (χ4n) is 4.50. The lowest BCUT2D eigenvalue weighted by atomic mass is 9.82. The third-order valence-corrected chi connectivity index (χ3v) is 5.94. The van der Waals surface area contributed by atoms with E-state index in [2.05, 4.69) is 12.0 Å². The predicted octanol–water partition coefficient (Wildman–Crippen LogP) is 5.42. The predicted molar refractivity (Wildman–Crippen MR) is 115 cm³/mol. The Morgan fingerprint density at radius 1 is 1.14 bits per heavy atom. The molecule has 0 amide bonds. The molecule has 3 aromatic rings. The number of hydrogen-bond acceptors (Lipinski definition) is 4. The smallest absolute Gasteiger partial charge is 0.340 e. The maximum Gasteiger partial charge on any atom is 0.340 e. The zero-order valence-corrected chi connectivity index (χ0v) is 17.4. The summed E-state index contributed by atoms with van der Waals surface area (Å²) in [6.45, 7) is 5.01. The van der Waals surface area contributed by atoms with E-state index in [9.17, 15) is 4.79 Å². The molecule has 29 heavy (non-hydrogen) atoms. The third kappa shape index (κ3) is 3.91. The first-order chi connectivity index (χ1) is 14.2. The van der Waals surface area contributed by atoms with Crippen molar-refractivity contribution in [1.29, 1.82) is 0 Å². The highest BCUT2D eigenvalue weighted by Crippen LogP contribution is 2.35. The van der Waals surface area contributed by atoms with Crippen molar-refractivity contribution in [3.63, 3.8) is 0 Å². The summed E-state index contributed by atoms with van der Waals surface area (Å²) in [5, 5.41) is 5.54. The van der Waals surface area contributed by atoms with E-state index in [0.29, 0.717) is 23.8 Å². The monoisotopic (exact) mass is 391 g/mol. The van der Waals surface area contributed by atoms with Gasteiger partial charge in [-0.15, -0.1) is 0 Å². The Hall–Kier alpha value is -2.69. The van der Waals surface area contributed by atoms with Crippen molar-refractivity contribution in [2.45, 2.75) is 58.9 Å². The quantitative estimate of drug-likeness (QED) is 0.527.